The molecule has 0 amide bonds. The van der Waals surface area contributed by atoms with Crippen LogP contribution in [0.25, 0.3) is 0 Å². The minimum absolute atomic E-state index is 0.390. The van der Waals surface area contributed by atoms with Crippen molar-refractivity contribution in [3.05, 3.63) is 47.8 Å². The molecule has 2 aliphatic rings. The van der Waals surface area contributed by atoms with E-state index in [0.717, 1.165) is 49.0 Å². The maximum absolute atomic E-state index is 13.5. The van der Waals surface area contributed by atoms with Crippen molar-refractivity contribution in [1.82, 2.24) is 0 Å². The second-order valence-corrected chi connectivity index (χ2v) is 8.36. The minimum Gasteiger partial charge on any atom is -0.216 e. The summed E-state index contributed by atoms with van der Waals surface area (Å²) < 4.78 is 38.6. The first-order valence-corrected chi connectivity index (χ1v) is 10.4. The third-order valence-corrected chi connectivity index (χ3v) is 6.82. The zero-order chi connectivity index (χ0) is 18.4. The summed E-state index contributed by atoms with van der Waals surface area (Å²) in [5.74, 6) is 1.42. The first-order chi connectivity index (χ1) is 12.7. The van der Waals surface area contributed by atoms with E-state index in [-0.39, 0.29) is 0 Å². The van der Waals surface area contributed by atoms with Crippen LogP contribution in [0.2, 0.25) is 0 Å². The molecule has 3 heteroatoms. The van der Waals surface area contributed by atoms with Crippen LogP contribution in [0.15, 0.2) is 30.6 Å². The van der Waals surface area contributed by atoms with Crippen LogP contribution in [0, 0.1) is 29.4 Å². The van der Waals surface area contributed by atoms with Crippen LogP contribution < -0.4 is 0 Å². The van der Waals surface area contributed by atoms with Crippen molar-refractivity contribution in [1.29, 1.82) is 0 Å². The van der Waals surface area contributed by atoms with Crippen molar-refractivity contribution >= 4 is 0 Å². The van der Waals surface area contributed by atoms with E-state index in [1.807, 2.05) is 0 Å². The van der Waals surface area contributed by atoms with E-state index in [9.17, 15) is 13.2 Å². The van der Waals surface area contributed by atoms with Gasteiger partial charge in [-0.15, -0.1) is 0 Å². The van der Waals surface area contributed by atoms with Crippen LogP contribution in [0.4, 0.5) is 13.2 Å². The van der Waals surface area contributed by atoms with Crippen LogP contribution in [-0.4, -0.2) is 0 Å². The summed E-state index contributed by atoms with van der Waals surface area (Å²) in [4.78, 5) is 0. The standard InChI is InChI=1S/C23H31F3/c24-15-3-1-2-4-17-5-7-18(8-6-17)19-9-11-20(12-10-19)21-13-14-22(25)23(26)16-21/h3,13-20H,1-2,4-12H2/b15-3+/t17-,18-,19-,20-. The normalized spacial score (nSPS) is 30.0. The lowest BCUT2D eigenvalue weighted by atomic mass is 9.68. The predicted octanol–water partition coefficient (Wildman–Crippen LogP) is 7.70. The molecule has 2 saturated carbocycles. The van der Waals surface area contributed by atoms with E-state index in [1.165, 1.54) is 57.1 Å². The molecule has 2 aliphatic carbocycles. The SMILES string of the molecule is F/C=C/CCC[C@H]1CC[C@H]([C@H]2CC[C@H](c3ccc(F)c(F)c3)CC2)CC1. The van der Waals surface area contributed by atoms with Crippen LogP contribution in [0.5, 0.6) is 0 Å². The topological polar surface area (TPSA) is 0 Å². The fraction of sp³-hybridized carbons (Fsp3) is 0.652. The predicted molar refractivity (Wildman–Crippen MR) is 101 cm³/mol. The zero-order valence-electron chi connectivity index (χ0n) is 15.6. The van der Waals surface area contributed by atoms with Gasteiger partial charge in [-0.05, 0) is 92.7 Å². The zero-order valence-corrected chi connectivity index (χ0v) is 15.6. The van der Waals surface area contributed by atoms with Crippen molar-refractivity contribution < 1.29 is 13.2 Å². The van der Waals surface area contributed by atoms with E-state index >= 15 is 0 Å². The lowest BCUT2D eigenvalue weighted by Crippen LogP contribution is -2.25. The Labute approximate surface area is 155 Å². The molecule has 0 unspecified atom stereocenters. The highest BCUT2D eigenvalue weighted by molar-refractivity contribution is 5.22. The van der Waals surface area contributed by atoms with Crippen molar-refractivity contribution in [2.75, 3.05) is 0 Å². The van der Waals surface area contributed by atoms with Crippen molar-refractivity contribution in [2.45, 2.75) is 76.5 Å². The molecular weight excluding hydrogens is 333 g/mol. The average molecular weight is 364 g/mol. The highest BCUT2D eigenvalue weighted by Gasteiger charge is 2.31. The van der Waals surface area contributed by atoms with Gasteiger partial charge in [-0.2, -0.15) is 0 Å². The summed E-state index contributed by atoms with van der Waals surface area (Å²) in [6, 6.07) is 4.41. The van der Waals surface area contributed by atoms with Crippen molar-refractivity contribution in [2.24, 2.45) is 17.8 Å². The van der Waals surface area contributed by atoms with Crippen LogP contribution in [0.3, 0.4) is 0 Å². The number of benzene rings is 1. The third-order valence-electron chi connectivity index (χ3n) is 6.82. The van der Waals surface area contributed by atoms with Gasteiger partial charge >= 0.3 is 0 Å². The molecule has 0 atom stereocenters. The number of hydrogen-bond acceptors (Lipinski definition) is 0. The molecule has 26 heavy (non-hydrogen) atoms. The Morgan fingerprint density at radius 1 is 0.846 bits per heavy atom. The van der Waals surface area contributed by atoms with Crippen LogP contribution in [-0.2, 0) is 0 Å². The first kappa shape index (κ1) is 19.5. The fourth-order valence-electron chi connectivity index (χ4n) is 5.23. The molecule has 0 heterocycles. The number of rotatable bonds is 6. The maximum atomic E-state index is 13.5. The Morgan fingerprint density at radius 2 is 1.50 bits per heavy atom. The molecule has 2 fully saturated rings. The first-order valence-electron chi connectivity index (χ1n) is 10.4. The highest BCUT2D eigenvalue weighted by atomic mass is 19.2. The Morgan fingerprint density at radius 3 is 2.12 bits per heavy atom. The summed E-state index contributed by atoms with van der Waals surface area (Å²) in [7, 11) is 0. The molecule has 0 aromatic heterocycles. The van der Waals surface area contributed by atoms with Gasteiger partial charge in [0.15, 0.2) is 11.6 Å². The molecule has 0 bridgehead atoms. The monoisotopic (exact) mass is 364 g/mol. The summed E-state index contributed by atoms with van der Waals surface area (Å²) in [5, 5.41) is 0. The Balaban J connectivity index is 1.41. The smallest absolute Gasteiger partial charge is 0.159 e. The molecule has 0 saturated heterocycles. The van der Waals surface area contributed by atoms with Gasteiger partial charge in [0, 0.05) is 0 Å². The van der Waals surface area contributed by atoms with E-state index in [4.69, 9.17) is 0 Å². The van der Waals surface area contributed by atoms with Crippen LogP contribution >= 0.6 is 0 Å². The van der Waals surface area contributed by atoms with E-state index < -0.39 is 11.6 Å². The molecule has 0 N–H and O–H groups in total. The number of allylic oxidation sites excluding steroid dienone is 1. The van der Waals surface area contributed by atoms with Gasteiger partial charge in [0.25, 0.3) is 0 Å². The molecule has 1 aromatic carbocycles. The van der Waals surface area contributed by atoms with Gasteiger partial charge < -0.3 is 0 Å². The van der Waals surface area contributed by atoms with E-state index in [1.54, 1.807) is 12.1 Å². The largest absolute Gasteiger partial charge is 0.216 e. The van der Waals surface area contributed by atoms with Crippen molar-refractivity contribution in [3.8, 4) is 0 Å². The summed E-state index contributed by atoms with van der Waals surface area (Å²) in [6.07, 6.45) is 15.5. The lowest BCUT2D eigenvalue weighted by molar-refractivity contribution is 0.156. The maximum Gasteiger partial charge on any atom is 0.159 e. The summed E-state index contributed by atoms with van der Waals surface area (Å²) >= 11 is 0. The lowest BCUT2D eigenvalue weighted by Gasteiger charge is -2.38. The second kappa shape index (κ2) is 9.62. The number of halogens is 3. The van der Waals surface area contributed by atoms with Gasteiger partial charge in [0.05, 0.1) is 6.33 Å². The molecule has 0 radical (unpaired) electrons. The quantitative estimate of drug-likeness (QED) is 0.454. The van der Waals surface area contributed by atoms with Gasteiger partial charge in [0.1, 0.15) is 0 Å². The Hall–Kier alpha value is -1.25. The molecular formula is C23H31F3. The summed E-state index contributed by atoms with van der Waals surface area (Å²) in [5.41, 5.74) is 0.966. The van der Waals surface area contributed by atoms with Crippen molar-refractivity contribution in [3.63, 3.8) is 0 Å². The molecule has 0 spiro atoms. The highest BCUT2D eigenvalue weighted by Crippen LogP contribution is 2.44. The fourth-order valence-corrected chi connectivity index (χ4v) is 5.23. The van der Waals surface area contributed by atoms with Gasteiger partial charge in [-0.3, -0.25) is 0 Å². The molecule has 144 valence electrons. The minimum atomic E-state index is -0.750. The molecule has 0 nitrogen and oxygen atoms in total. The number of hydrogen-bond donors (Lipinski definition) is 0. The molecule has 1 aromatic rings. The second-order valence-electron chi connectivity index (χ2n) is 8.36. The number of unbranched alkanes of at least 4 members (excludes halogenated alkanes) is 1. The van der Waals surface area contributed by atoms with Gasteiger partial charge in [-0.1, -0.05) is 31.4 Å². The molecule has 0 aliphatic heterocycles. The van der Waals surface area contributed by atoms with E-state index in [0.29, 0.717) is 12.2 Å². The van der Waals surface area contributed by atoms with E-state index in [2.05, 4.69) is 0 Å². The Bertz CT molecular complexity index is 579. The summed E-state index contributed by atoms with van der Waals surface area (Å²) in [6.45, 7) is 0. The molecule has 3 rings (SSSR count). The van der Waals surface area contributed by atoms with Gasteiger partial charge in [-0.25, -0.2) is 13.2 Å². The Kier molecular flexibility index (Phi) is 7.22. The van der Waals surface area contributed by atoms with Gasteiger partial charge in [0.2, 0.25) is 0 Å². The average Bonchev–Trinajstić information content (AvgIpc) is 2.68. The van der Waals surface area contributed by atoms with Crippen LogP contribution in [0.1, 0.15) is 82.1 Å². The third kappa shape index (κ3) is 5.14.